The molecule has 4 nitrogen and oxygen atoms in total. The number of benzene rings is 7. The van der Waals surface area contributed by atoms with E-state index in [0.29, 0.717) is 11.8 Å². The van der Waals surface area contributed by atoms with Crippen LogP contribution in [0, 0.1) is 6.92 Å². The molecular formula is C49H36B2N2O2. The van der Waals surface area contributed by atoms with Crippen LogP contribution in [-0.2, 0) is 0 Å². The molecule has 260 valence electrons. The molecule has 0 spiro atoms. The minimum Gasteiger partial charge on any atom is -0.458 e. The number of hydrogen-bond acceptors (Lipinski definition) is 3. The SMILES string of the molecule is Cc1c2c(cc3c1Oc1cc(C(C)C)c4c5c1N3c1ccccc1B5c1ccccc1-4)B1c3ccccc3-n3c4ccccc4c4c(C(C)C)cc(c1c43)O2. The van der Waals surface area contributed by atoms with Crippen molar-refractivity contribution in [1.82, 2.24) is 4.57 Å². The third-order valence-electron chi connectivity index (χ3n) is 13.3. The van der Waals surface area contributed by atoms with Crippen LogP contribution in [0.25, 0.3) is 38.6 Å². The first-order valence-corrected chi connectivity index (χ1v) is 19.8. The maximum atomic E-state index is 7.25. The second-order valence-corrected chi connectivity index (χ2v) is 16.7. The van der Waals surface area contributed by atoms with E-state index < -0.39 is 0 Å². The lowest BCUT2D eigenvalue weighted by Crippen LogP contribution is -2.59. The summed E-state index contributed by atoms with van der Waals surface area (Å²) in [5.74, 6) is 4.32. The van der Waals surface area contributed by atoms with E-state index in [9.17, 15) is 0 Å². The summed E-state index contributed by atoms with van der Waals surface area (Å²) in [6, 6.07) is 43.1. The predicted octanol–water partition coefficient (Wildman–Crippen LogP) is 8.66. The number of rotatable bonds is 2. The summed E-state index contributed by atoms with van der Waals surface area (Å²) in [4.78, 5) is 2.53. The van der Waals surface area contributed by atoms with Gasteiger partial charge in [0.05, 0.1) is 22.4 Å². The normalized spacial score (nSPS) is 14.4. The molecule has 0 N–H and O–H groups in total. The van der Waals surface area contributed by atoms with Crippen molar-refractivity contribution in [3.05, 3.63) is 132 Å². The molecule has 0 saturated heterocycles. The average molecular weight is 706 g/mol. The maximum Gasteiger partial charge on any atom is 0.256 e. The largest absolute Gasteiger partial charge is 0.458 e. The van der Waals surface area contributed by atoms with E-state index in [1.807, 2.05) is 0 Å². The number of nitrogens with zero attached hydrogens (tertiary/aromatic N) is 2. The van der Waals surface area contributed by atoms with Gasteiger partial charge in [-0.25, -0.2) is 0 Å². The molecule has 5 aliphatic heterocycles. The molecule has 0 bridgehead atoms. The molecule has 6 heterocycles. The lowest BCUT2D eigenvalue weighted by molar-refractivity contribution is 0.452. The Morgan fingerprint density at radius 3 is 2.00 bits per heavy atom. The molecule has 0 atom stereocenters. The van der Waals surface area contributed by atoms with Crippen molar-refractivity contribution < 1.29 is 9.47 Å². The first-order valence-electron chi connectivity index (χ1n) is 19.8. The molecule has 0 amide bonds. The second kappa shape index (κ2) is 10.1. The fourth-order valence-corrected chi connectivity index (χ4v) is 11.1. The molecule has 0 fully saturated rings. The molecule has 7 aromatic carbocycles. The zero-order valence-electron chi connectivity index (χ0n) is 31.5. The van der Waals surface area contributed by atoms with Crippen LogP contribution < -0.4 is 47.2 Å². The van der Waals surface area contributed by atoms with Crippen LogP contribution in [0.4, 0.5) is 17.1 Å². The van der Waals surface area contributed by atoms with Gasteiger partial charge in [-0.3, -0.25) is 0 Å². The number of fused-ring (bicyclic) bond motifs is 16. The Morgan fingerprint density at radius 1 is 0.564 bits per heavy atom. The Morgan fingerprint density at radius 2 is 1.20 bits per heavy atom. The van der Waals surface area contributed by atoms with Crippen LogP contribution in [0.2, 0.25) is 0 Å². The molecule has 8 aromatic rings. The van der Waals surface area contributed by atoms with Gasteiger partial charge in [-0.2, -0.15) is 0 Å². The Kier molecular flexibility index (Phi) is 5.57. The fraction of sp³-hybridized carbons (Fsp3) is 0.143. The molecule has 0 unspecified atom stereocenters. The molecule has 55 heavy (non-hydrogen) atoms. The van der Waals surface area contributed by atoms with Crippen molar-refractivity contribution in [1.29, 1.82) is 0 Å². The summed E-state index contributed by atoms with van der Waals surface area (Å²) in [7, 11) is 0. The first-order chi connectivity index (χ1) is 26.9. The molecule has 5 aliphatic rings. The monoisotopic (exact) mass is 706 g/mol. The smallest absolute Gasteiger partial charge is 0.256 e. The molecular weight excluding hydrogens is 670 g/mol. The molecule has 1 aromatic heterocycles. The highest BCUT2D eigenvalue weighted by molar-refractivity contribution is 7.02. The minimum atomic E-state index is -0.00746. The van der Waals surface area contributed by atoms with Crippen LogP contribution in [0.5, 0.6) is 23.0 Å². The van der Waals surface area contributed by atoms with E-state index in [2.05, 4.69) is 159 Å². The van der Waals surface area contributed by atoms with Crippen molar-refractivity contribution in [2.24, 2.45) is 0 Å². The number of anilines is 3. The zero-order chi connectivity index (χ0) is 36.6. The first kappa shape index (κ1) is 30.2. The zero-order valence-corrected chi connectivity index (χ0v) is 31.5. The highest BCUT2D eigenvalue weighted by Gasteiger charge is 2.49. The number of para-hydroxylation sites is 3. The third-order valence-corrected chi connectivity index (χ3v) is 13.3. The molecule has 6 heteroatoms. The molecule has 13 rings (SSSR count). The van der Waals surface area contributed by atoms with Crippen LogP contribution in [0.15, 0.2) is 115 Å². The summed E-state index contributed by atoms with van der Waals surface area (Å²) < 4.78 is 17.0. The Bertz CT molecular complexity index is 3100. The lowest BCUT2D eigenvalue weighted by atomic mass is 9.34. The number of aromatic nitrogens is 1. The second-order valence-electron chi connectivity index (χ2n) is 16.7. The van der Waals surface area contributed by atoms with Gasteiger partial charge < -0.3 is 18.9 Å². The molecule has 0 aliphatic carbocycles. The van der Waals surface area contributed by atoms with E-state index >= 15 is 0 Å². The summed E-state index contributed by atoms with van der Waals surface area (Å²) in [6.45, 7) is 11.6. The van der Waals surface area contributed by atoms with Crippen molar-refractivity contribution in [3.63, 3.8) is 0 Å². The summed E-state index contributed by atoms with van der Waals surface area (Å²) in [6.07, 6.45) is 0. The van der Waals surface area contributed by atoms with E-state index in [-0.39, 0.29) is 13.4 Å². The molecule has 0 radical (unpaired) electrons. The van der Waals surface area contributed by atoms with Crippen molar-refractivity contribution in [2.45, 2.75) is 46.5 Å². The van der Waals surface area contributed by atoms with Crippen LogP contribution in [0.3, 0.4) is 0 Å². The van der Waals surface area contributed by atoms with Crippen LogP contribution in [-0.4, -0.2) is 18.0 Å². The molecule has 0 saturated carbocycles. The van der Waals surface area contributed by atoms with Crippen LogP contribution in [0.1, 0.15) is 56.2 Å². The van der Waals surface area contributed by atoms with Gasteiger partial charge in [-0.1, -0.05) is 112 Å². The van der Waals surface area contributed by atoms with E-state index in [1.54, 1.807) is 0 Å². The van der Waals surface area contributed by atoms with Gasteiger partial charge >= 0.3 is 0 Å². The van der Waals surface area contributed by atoms with E-state index in [0.717, 1.165) is 34.2 Å². The van der Waals surface area contributed by atoms with Crippen molar-refractivity contribution >= 4 is 85.1 Å². The highest BCUT2D eigenvalue weighted by Crippen LogP contribution is 2.57. The topological polar surface area (TPSA) is 26.6 Å². The van der Waals surface area contributed by atoms with Crippen molar-refractivity contribution in [2.75, 3.05) is 4.90 Å². The van der Waals surface area contributed by atoms with Crippen LogP contribution >= 0.6 is 0 Å². The van der Waals surface area contributed by atoms with E-state index in [1.165, 1.54) is 93.9 Å². The summed E-state index contributed by atoms with van der Waals surface area (Å²) >= 11 is 0. The van der Waals surface area contributed by atoms with Gasteiger partial charge in [0.1, 0.15) is 11.5 Å². The van der Waals surface area contributed by atoms with Crippen molar-refractivity contribution in [3.8, 4) is 39.8 Å². The fourth-order valence-electron chi connectivity index (χ4n) is 11.1. The van der Waals surface area contributed by atoms with Gasteiger partial charge in [0, 0.05) is 27.7 Å². The Labute approximate surface area is 321 Å². The number of hydrogen-bond donors (Lipinski definition) is 0. The number of ether oxygens (including phenoxy) is 2. The average Bonchev–Trinajstić information content (AvgIpc) is 3.74. The van der Waals surface area contributed by atoms with Gasteiger partial charge in [0.15, 0.2) is 11.5 Å². The highest BCUT2D eigenvalue weighted by atomic mass is 16.5. The van der Waals surface area contributed by atoms with Gasteiger partial charge in [-0.05, 0) is 105 Å². The predicted molar refractivity (Wildman–Crippen MR) is 230 cm³/mol. The van der Waals surface area contributed by atoms with Gasteiger partial charge in [0.25, 0.3) is 6.71 Å². The maximum absolute atomic E-state index is 7.25. The standard InChI is InChI=1S/C49H36B2N2O2/c1-25(2)30-23-41-46-45-42(30)28-14-6-8-16-32(28)50(45)33-17-9-13-21-38(33)53(46)39-24-35-48(27(5)49(39)55-41)54-40-22-31(26(3)4)43-29-15-7-11-19-36(29)52-37-20-12-10-18-34(37)51(35)44(40)47(43)52/h6-26H,1-5H3. The third kappa shape index (κ3) is 3.49. The Balaban J connectivity index is 1.13. The van der Waals surface area contributed by atoms with E-state index in [4.69, 9.17) is 9.47 Å². The quantitative estimate of drug-likeness (QED) is 0.169. The van der Waals surface area contributed by atoms with Gasteiger partial charge in [-0.15, -0.1) is 0 Å². The Hall–Kier alpha value is -6.13. The summed E-state index contributed by atoms with van der Waals surface area (Å²) in [5, 5.41) is 2.64. The minimum absolute atomic E-state index is 0.00746. The lowest BCUT2D eigenvalue weighted by Gasteiger charge is -2.42. The van der Waals surface area contributed by atoms with Gasteiger partial charge in [0.2, 0.25) is 6.71 Å². The summed E-state index contributed by atoms with van der Waals surface area (Å²) in [5.41, 5.74) is 21.5.